The molecule has 3 aromatic rings. The van der Waals surface area contributed by atoms with Gasteiger partial charge in [-0.2, -0.15) is 4.98 Å². The number of piperidine rings is 1. The van der Waals surface area contributed by atoms with Crippen LogP contribution in [0.1, 0.15) is 49.9 Å². The number of hydrogen-bond acceptors (Lipinski definition) is 8. The molecule has 2 aromatic carbocycles. The highest BCUT2D eigenvalue weighted by atomic mass is 16.5. The van der Waals surface area contributed by atoms with Crippen LogP contribution in [-0.2, 0) is 11.3 Å². The molecule has 1 aliphatic rings. The first-order valence-corrected chi connectivity index (χ1v) is 12.7. The van der Waals surface area contributed by atoms with Crippen molar-refractivity contribution in [3.8, 4) is 22.9 Å². The topological polar surface area (TPSA) is 119 Å². The summed E-state index contributed by atoms with van der Waals surface area (Å²) in [5.41, 5.74) is 1.32. The van der Waals surface area contributed by atoms with Gasteiger partial charge in [0.1, 0.15) is 0 Å². The first kappa shape index (κ1) is 27.1. The van der Waals surface area contributed by atoms with Crippen molar-refractivity contribution >= 4 is 17.5 Å². The van der Waals surface area contributed by atoms with Gasteiger partial charge in [-0.25, -0.2) is 0 Å². The molecule has 0 bridgehead atoms. The van der Waals surface area contributed by atoms with Gasteiger partial charge < -0.3 is 24.6 Å². The van der Waals surface area contributed by atoms with Crippen LogP contribution in [0.3, 0.4) is 0 Å². The van der Waals surface area contributed by atoms with Crippen molar-refractivity contribution in [2.75, 3.05) is 32.6 Å². The first-order chi connectivity index (χ1) is 18.2. The number of carbonyl (C=O) groups excluding carboxylic acids is 2. The molecule has 0 saturated carbocycles. The molecule has 1 saturated heterocycles. The molecule has 0 aliphatic carbocycles. The summed E-state index contributed by atoms with van der Waals surface area (Å²) in [4.78, 5) is 32.6. The number of ether oxygens (including phenoxy) is 2. The van der Waals surface area contributed by atoms with E-state index in [-0.39, 0.29) is 23.3 Å². The maximum absolute atomic E-state index is 13.2. The zero-order valence-corrected chi connectivity index (χ0v) is 22.5. The second-order valence-electron chi connectivity index (χ2n) is 10.4. The van der Waals surface area contributed by atoms with Crippen molar-refractivity contribution in [1.82, 2.24) is 20.4 Å². The molecule has 0 spiro atoms. The molecule has 2 heterocycles. The lowest BCUT2D eigenvalue weighted by Crippen LogP contribution is -2.42. The molecule has 0 radical (unpaired) electrons. The smallest absolute Gasteiger partial charge is 0.253 e. The average Bonchev–Trinajstić information content (AvgIpc) is 3.36. The summed E-state index contributed by atoms with van der Waals surface area (Å²) in [5, 5.41) is 10.0. The van der Waals surface area contributed by atoms with Crippen molar-refractivity contribution in [2.24, 2.45) is 5.92 Å². The van der Waals surface area contributed by atoms with E-state index < -0.39 is 0 Å². The minimum absolute atomic E-state index is 0.109. The number of carbonyl (C=O) groups is 2. The zero-order valence-electron chi connectivity index (χ0n) is 22.5. The molecule has 2 amide bonds. The quantitative estimate of drug-likeness (QED) is 0.454. The first-order valence-electron chi connectivity index (χ1n) is 12.7. The molecule has 202 valence electrons. The van der Waals surface area contributed by atoms with E-state index in [0.717, 1.165) is 24.9 Å². The van der Waals surface area contributed by atoms with Crippen LogP contribution in [0.25, 0.3) is 11.4 Å². The summed E-state index contributed by atoms with van der Waals surface area (Å²) in [6.45, 7) is 7.57. The third kappa shape index (κ3) is 6.69. The highest BCUT2D eigenvalue weighted by Crippen LogP contribution is 2.31. The average molecular weight is 522 g/mol. The normalized spacial score (nSPS) is 16.1. The van der Waals surface area contributed by atoms with Crippen molar-refractivity contribution in [3.63, 3.8) is 0 Å². The van der Waals surface area contributed by atoms with Crippen LogP contribution in [-0.4, -0.2) is 59.7 Å². The highest BCUT2D eigenvalue weighted by molar-refractivity contribution is 6.04. The van der Waals surface area contributed by atoms with Crippen molar-refractivity contribution in [1.29, 1.82) is 0 Å². The molecule has 1 fully saturated rings. The van der Waals surface area contributed by atoms with Crippen LogP contribution in [0.5, 0.6) is 11.5 Å². The highest BCUT2D eigenvalue weighted by Gasteiger charge is 2.28. The zero-order chi connectivity index (χ0) is 27.3. The molecule has 38 heavy (non-hydrogen) atoms. The van der Waals surface area contributed by atoms with Gasteiger partial charge in [0, 0.05) is 17.6 Å². The van der Waals surface area contributed by atoms with Crippen molar-refractivity contribution in [2.45, 2.75) is 45.7 Å². The van der Waals surface area contributed by atoms with Gasteiger partial charge in [0.25, 0.3) is 5.91 Å². The number of methoxy groups -OCH3 is 2. The van der Waals surface area contributed by atoms with E-state index in [2.05, 4.69) is 25.7 Å². The molecular weight excluding hydrogens is 486 g/mol. The minimum atomic E-state index is -0.383. The van der Waals surface area contributed by atoms with E-state index in [1.807, 2.05) is 32.9 Å². The number of aromatic nitrogens is 2. The molecule has 1 atom stereocenters. The van der Waals surface area contributed by atoms with E-state index in [1.54, 1.807) is 44.6 Å². The number of likely N-dealkylation sites (tertiary alicyclic amines) is 1. The fourth-order valence-corrected chi connectivity index (χ4v) is 4.45. The number of anilines is 1. The van der Waals surface area contributed by atoms with Gasteiger partial charge in [-0.05, 0) is 70.5 Å². The van der Waals surface area contributed by atoms with Crippen LogP contribution in [0, 0.1) is 5.92 Å². The van der Waals surface area contributed by atoms with Gasteiger partial charge in [-0.1, -0.05) is 17.3 Å². The minimum Gasteiger partial charge on any atom is -0.493 e. The van der Waals surface area contributed by atoms with E-state index in [9.17, 15) is 9.59 Å². The molecular formula is C28H35N5O5. The molecule has 1 unspecified atom stereocenters. The Morgan fingerprint density at radius 1 is 1.11 bits per heavy atom. The lowest BCUT2D eigenvalue weighted by molar-refractivity contribution is -0.121. The standard InChI is InChI=1S/C28H35N5O5/c1-28(2,3)31-27(35)20-10-6-7-11-21(20)29-26(34)19-9-8-14-33(16-19)17-24-30-25(32-38-24)18-12-13-22(36-4)23(15-18)37-5/h6-7,10-13,15,19H,8-9,14,16-17H2,1-5H3,(H,29,34)(H,31,35). The van der Waals surface area contributed by atoms with E-state index in [1.165, 1.54) is 0 Å². The van der Waals surface area contributed by atoms with E-state index in [4.69, 9.17) is 14.0 Å². The summed E-state index contributed by atoms with van der Waals surface area (Å²) >= 11 is 0. The van der Waals surface area contributed by atoms with Crippen LogP contribution in [0.4, 0.5) is 5.69 Å². The number of benzene rings is 2. The SMILES string of the molecule is COc1ccc(-c2noc(CN3CCCC(C(=O)Nc4ccccc4C(=O)NC(C)(C)C)C3)n2)cc1OC. The van der Waals surface area contributed by atoms with Crippen LogP contribution < -0.4 is 20.1 Å². The number of hydrogen-bond donors (Lipinski definition) is 2. The largest absolute Gasteiger partial charge is 0.493 e. The number of rotatable bonds is 8. The van der Waals surface area contributed by atoms with E-state index >= 15 is 0 Å². The molecule has 10 nitrogen and oxygen atoms in total. The Balaban J connectivity index is 1.39. The van der Waals surface area contributed by atoms with E-state index in [0.29, 0.717) is 47.6 Å². The monoisotopic (exact) mass is 521 g/mol. The van der Waals surface area contributed by atoms with Gasteiger partial charge in [0.2, 0.25) is 17.6 Å². The Hall–Kier alpha value is -3.92. The van der Waals surface area contributed by atoms with Crippen LogP contribution >= 0.6 is 0 Å². The van der Waals surface area contributed by atoms with Crippen molar-refractivity contribution < 1.29 is 23.6 Å². The maximum atomic E-state index is 13.2. The predicted molar refractivity (Wildman–Crippen MR) is 143 cm³/mol. The lowest BCUT2D eigenvalue weighted by atomic mass is 9.96. The fourth-order valence-electron chi connectivity index (χ4n) is 4.45. The second-order valence-corrected chi connectivity index (χ2v) is 10.4. The van der Waals surface area contributed by atoms with Gasteiger partial charge in [0.15, 0.2) is 11.5 Å². The number of nitrogens with one attached hydrogen (secondary N) is 2. The Morgan fingerprint density at radius 2 is 1.87 bits per heavy atom. The van der Waals surface area contributed by atoms with Crippen LogP contribution in [0.2, 0.25) is 0 Å². The fraction of sp³-hybridized carbons (Fsp3) is 0.429. The van der Waals surface area contributed by atoms with Gasteiger partial charge in [0.05, 0.1) is 37.9 Å². The Bertz CT molecular complexity index is 1280. The third-order valence-electron chi connectivity index (χ3n) is 6.26. The Labute approximate surface area is 222 Å². The van der Waals surface area contributed by atoms with Crippen LogP contribution in [0.15, 0.2) is 47.0 Å². The summed E-state index contributed by atoms with van der Waals surface area (Å²) in [6.07, 6.45) is 1.63. The molecule has 4 rings (SSSR count). The van der Waals surface area contributed by atoms with Gasteiger partial charge >= 0.3 is 0 Å². The van der Waals surface area contributed by atoms with Gasteiger partial charge in [-0.15, -0.1) is 0 Å². The second kappa shape index (κ2) is 11.6. The molecule has 1 aromatic heterocycles. The summed E-state index contributed by atoms with van der Waals surface area (Å²) in [7, 11) is 3.16. The van der Waals surface area contributed by atoms with Gasteiger partial charge in [-0.3, -0.25) is 14.5 Å². The lowest BCUT2D eigenvalue weighted by Gasteiger charge is -2.31. The number of para-hydroxylation sites is 1. The Kier molecular flexibility index (Phi) is 8.31. The summed E-state index contributed by atoms with van der Waals surface area (Å²) in [5.74, 6) is 1.57. The molecule has 2 N–H and O–H groups in total. The van der Waals surface area contributed by atoms with Crippen molar-refractivity contribution in [3.05, 3.63) is 53.9 Å². The predicted octanol–water partition coefficient (Wildman–Crippen LogP) is 4.13. The third-order valence-corrected chi connectivity index (χ3v) is 6.26. The Morgan fingerprint density at radius 3 is 2.61 bits per heavy atom. The maximum Gasteiger partial charge on any atom is 0.253 e. The molecule has 10 heteroatoms. The molecule has 1 aliphatic heterocycles. The summed E-state index contributed by atoms with van der Waals surface area (Å²) in [6, 6.07) is 12.5. The number of nitrogens with zero attached hydrogens (tertiary/aromatic N) is 3. The number of amides is 2. The summed E-state index contributed by atoms with van der Waals surface area (Å²) < 4.78 is 16.2.